The van der Waals surface area contributed by atoms with Gasteiger partial charge in [-0.25, -0.2) is 0 Å². The quantitative estimate of drug-likeness (QED) is 0.805. The Hall–Kier alpha value is -2.02. The molecule has 0 aliphatic carbocycles. The summed E-state index contributed by atoms with van der Waals surface area (Å²) in [7, 11) is 0. The van der Waals surface area contributed by atoms with E-state index in [1.807, 2.05) is 0 Å². The van der Waals surface area contributed by atoms with E-state index in [-0.39, 0.29) is 12.0 Å². The highest BCUT2D eigenvalue weighted by atomic mass is 19.4. The van der Waals surface area contributed by atoms with Crippen LogP contribution in [0.5, 0.6) is 0 Å². The fourth-order valence-corrected chi connectivity index (χ4v) is 1.98. The fourth-order valence-electron chi connectivity index (χ4n) is 1.98. The molecule has 4 nitrogen and oxygen atoms in total. The van der Waals surface area contributed by atoms with Gasteiger partial charge in [-0.05, 0) is 24.6 Å². The van der Waals surface area contributed by atoms with Gasteiger partial charge in [-0.3, -0.25) is 0 Å². The van der Waals surface area contributed by atoms with Gasteiger partial charge in [0.15, 0.2) is 5.76 Å². The topological polar surface area (TPSA) is 64.1 Å². The van der Waals surface area contributed by atoms with Gasteiger partial charge >= 0.3 is 6.18 Å². The molecule has 3 N–H and O–H groups in total. The van der Waals surface area contributed by atoms with Crippen LogP contribution in [0.15, 0.2) is 35.0 Å². The number of alkyl halides is 3. The van der Waals surface area contributed by atoms with Crippen LogP contribution in [0, 0.1) is 0 Å². The number of nitrogens with one attached hydrogen (secondary N) is 1. The summed E-state index contributed by atoms with van der Waals surface area (Å²) in [5.41, 5.74) is 5.49. The highest BCUT2D eigenvalue weighted by Crippen LogP contribution is 2.33. The highest BCUT2D eigenvalue weighted by Gasteiger charge is 2.33. The Kier molecular flexibility index (Phi) is 4.85. The summed E-state index contributed by atoms with van der Waals surface area (Å²) in [6.07, 6.45) is -2.14. The molecule has 1 aromatic carbocycles. The number of hydrogen-bond acceptors (Lipinski definition) is 4. The van der Waals surface area contributed by atoms with Crippen molar-refractivity contribution in [1.29, 1.82) is 0 Å². The van der Waals surface area contributed by atoms with Crippen molar-refractivity contribution in [1.82, 2.24) is 5.16 Å². The second-order valence-electron chi connectivity index (χ2n) is 4.56. The summed E-state index contributed by atoms with van der Waals surface area (Å²) in [5.74, 6) is 0.378. The molecular formula is C14H16F3N3O. The maximum absolute atomic E-state index is 13.0. The lowest BCUT2D eigenvalue weighted by Crippen LogP contribution is -2.11. The van der Waals surface area contributed by atoms with Gasteiger partial charge in [0.2, 0.25) is 0 Å². The number of hydrogen-bond donors (Lipinski definition) is 2. The van der Waals surface area contributed by atoms with E-state index in [0.29, 0.717) is 24.5 Å². The number of nitrogens with zero attached hydrogens (tertiary/aromatic N) is 1. The lowest BCUT2D eigenvalue weighted by Gasteiger charge is -2.12. The summed E-state index contributed by atoms with van der Waals surface area (Å²) < 4.78 is 43.9. The molecule has 0 saturated heterocycles. The van der Waals surface area contributed by atoms with Crippen LogP contribution in [0.3, 0.4) is 0 Å². The van der Waals surface area contributed by atoms with Crippen molar-refractivity contribution < 1.29 is 17.7 Å². The number of anilines is 1. The zero-order valence-corrected chi connectivity index (χ0v) is 11.3. The number of benzene rings is 1. The van der Waals surface area contributed by atoms with Gasteiger partial charge in [0.25, 0.3) is 0 Å². The van der Waals surface area contributed by atoms with Crippen LogP contribution < -0.4 is 11.1 Å². The Balaban J connectivity index is 2.18. The third kappa shape index (κ3) is 3.98. The zero-order valence-electron chi connectivity index (χ0n) is 11.3. The molecule has 0 bridgehead atoms. The van der Waals surface area contributed by atoms with Crippen LogP contribution in [0.2, 0.25) is 0 Å². The summed E-state index contributed by atoms with van der Waals surface area (Å²) in [5, 5.41) is 6.69. The molecular weight excluding hydrogens is 283 g/mol. The van der Waals surface area contributed by atoms with Gasteiger partial charge in [0.1, 0.15) is 0 Å². The Bertz CT molecular complexity index is 581. The molecule has 2 aromatic rings. The van der Waals surface area contributed by atoms with Gasteiger partial charge in [0.05, 0.1) is 17.4 Å². The van der Waals surface area contributed by atoms with Gasteiger partial charge in [0, 0.05) is 13.0 Å². The lowest BCUT2D eigenvalue weighted by atomic mass is 10.0. The smallest absolute Gasteiger partial charge is 0.381 e. The molecule has 0 saturated carbocycles. The second kappa shape index (κ2) is 6.62. The predicted octanol–water partition coefficient (Wildman–Crippen LogP) is 3.04. The van der Waals surface area contributed by atoms with Gasteiger partial charge in [-0.1, -0.05) is 23.4 Å². The van der Waals surface area contributed by atoms with Crippen LogP contribution in [-0.2, 0) is 12.6 Å². The molecule has 0 aliphatic heterocycles. The minimum absolute atomic E-state index is 0.0284. The van der Waals surface area contributed by atoms with E-state index in [1.165, 1.54) is 18.3 Å². The van der Waals surface area contributed by atoms with Crippen LogP contribution >= 0.6 is 0 Å². The summed E-state index contributed by atoms with van der Waals surface area (Å²) in [6, 6.07) is 5.44. The van der Waals surface area contributed by atoms with Crippen LogP contribution in [0.1, 0.15) is 23.3 Å². The van der Waals surface area contributed by atoms with Crippen molar-refractivity contribution in [3.05, 3.63) is 47.3 Å². The van der Waals surface area contributed by atoms with E-state index in [9.17, 15) is 13.2 Å². The zero-order chi connectivity index (χ0) is 15.3. The maximum Gasteiger partial charge on any atom is 0.416 e. The van der Waals surface area contributed by atoms with Gasteiger partial charge in [-0.15, -0.1) is 0 Å². The first-order chi connectivity index (χ1) is 10.0. The van der Waals surface area contributed by atoms with Crippen molar-refractivity contribution in [2.75, 3.05) is 18.4 Å². The number of rotatable bonds is 6. The fraction of sp³-hybridized carbons (Fsp3) is 0.357. The highest BCUT2D eigenvalue weighted by molar-refractivity contribution is 5.47. The lowest BCUT2D eigenvalue weighted by molar-refractivity contribution is -0.138. The largest absolute Gasteiger partial charge is 0.416 e. The predicted molar refractivity (Wildman–Crippen MR) is 72.9 cm³/mol. The molecule has 0 amide bonds. The molecule has 0 atom stereocenters. The second-order valence-corrected chi connectivity index (χ2v) is 4.56. The molecule has 114 valence electrons. The molecule has 0 aliphatic rings. The van der Waals surface area contributed by atoms with Gasteiger partial charge in [-0.2, -0.15) is 13.2 Å². The first kappa shape index (κ1) is 15.4. The van der Waals surface area contributed by atoms with Crippen LogP contribution in [0.4, 0.5) is 18.9 Å². The molecule has 2 rings (SSSR count). The normalized spacial score (nSPS) is 11.6. The SMILES string of the molecule is NCCCNc1cnoc1Cc1ccccc1C(F)(F)F. The third-order valence-corrected chi connectivity index (χ3v) is 3.02. The first-order valence-corrected chi connectivity index (χ1v) is 6.55. The number of aromatic nitrogens is 1. The van der Waals surface area contributed by atoms with E-state index in [4.69, 9.17) is 10.3 Å². The van der Waals surface area contributed by atoms with Crippen molar-refractivity contribution in [2.45, 2.75) is 19.0 Å². The Morgan fingerprint density at radius 3 is 2.71 bits per heavy atom. The average Bonchev–Trinajstić information content (AvgIpc) is 2.86. The Morgan fingerprint density at radius 1 is 1.24 bits per heavy atom. The van der Waals surface area contributed by atoms with Crippen molar-refractivity contribution >= 4 is 5.69 Å². The molecule has 7 heteroatoms. The first-order valence-electron chi connectivity index (χ1n) is 6.55. The minimum atomic E-state index is -4.39. The van der Waals surface area contributed by atoms with E-state index < -0.39 is 11.7 Å². The van der Waals surface area contributed by atoms with E-state index >= 15 is 0 Å². The third-order valence-electron chi connectivity index (χ3n) is 3.02. The standard InChI is InChI=1S/C14H16F3N3O/c15-14(16,17)11-5-2-1-4-10(11)8-13-12(9-20-21-13)19-7-3-6-18/h1-2,4-5,9,19H,3,6-8,18H2. The molecule has 0 radical (unpaired) electrons. The van der Waals surface area contributed by atoms with E-state index in [2.05, 4.69) is 10.5 Å². The maximum atomic E-state index is 13.0. The molecule has 0 fully saturated rings. The Morgan fingerprint density at radius 2 is 2.00 bits per heavy atom. The minimum Gasteiger partial charge on any atom is -0.381 e. The van der Waals surface area contributed by atoms with E-state index in [0.717, 1.165) is 12.5 Å². The molecule has 0 spiro atoms. The molecule has 1 heterocycles. The molecule has 0 unspecified atom stereocenters. The van der Waals surface area contributed by atoms with Crippen LogP contribution in [-0.4, -0.2) is 18.2 Å². The van der Waals surface area contributed by atoms with Crippen molar-refractivity contribution in [3.63, 3.8) is 0 Å². The van der Waals surface area contributed by atoms with Crippen LogP contribution in [0.25, 0.3) is 0 Å². The van der Waals surface area contributed by atoms with Crippen molar-refractivity contribution in [2.24, 2.45) is 5.73 Å². The summed E-state index contributed by atoms with van der Waals surface area (Å²) in [4.78, 5) is 0. The molecule has 1 aromatic heterocycles. The van der Waals surface area contributed by atoms with Gasteiger partial charge < -0.3 is 15.6 Å². The number of halogens is 3. The summed E-state index contributed by atoms with van der Waals surface area (Å²) >= 11 is 0. The number of nitrogens with two attached hydrogens (primary N) is 1. The Labute approximate surface area is 120 Å². The average molecular weight is 299 g/mol. The summed E-state index contributed by atoms with van der Waals surface area (Å²) in [6.45, 7) is 1.15. The van der Waals surface area contributed by atoms with Crippen molar-refractivity contribution in [3.8, 4) is 0 Å². The van der Waals surface area contributed by atoms with E-state index in [1.54, 1.807) is 6.07 Å². The monoisotopic (exact) mass is 299 g/mol. The molecule has 21 heavy (non-hydrogen) atoms.